The summed E-state index contributed by atoms with van der Waals surface area (Å²) in [5.74, 6) is 0. The van der Waals surface area contributed by atoms with Gasteiger partial charge in [0.2, 0.25) is 0 Å². The highest BCUT2D eigenvalue weighted by Crippen LogP contribution is 2.31. The van der Waals surface area contributed by atoms with Gasteiger partial charge in [0.1, 0.15) is 0 Å². The molecule has 1 atom stereocenters. The molecule has 0 fully saturated rings. The molecule has 0 aromatic carbocycles. The molecule has 0 aliphatic carbocycles. The molecule has 0 heterocycles. The Balaban J connectivity index is 3.32. The summed E-state index contributed by atoms with van der Waals surface area (Å²) in [7, 11) is 0. The zero-order valence-corrected chi connectivity index (χ0v) is 14.1. The Morgan fingerprint density at radius 2 is 1.35 bits per heavy atom. The topological polar surface area (TPSA) is 0 Å². The molecule has 0 spiro atoms. The van der Waals surface area contributed by atoms with Gasteiger partial charge in [-0.1, -0.05) is 95.0 Å². The van der Waals surface area contributed by atoms with Crippen molar-refractivity contribution >= 4 is 15.9 Å². The first-order chi connectivity index (χ1) is 7.98. The normalized spacial score (nSPS) is 13.9. The molecule has 0 aromatic rings. The van der Waals surface area contributed by atoms with Crippen LogP contribution in [0, 0.1) is 5.41 Å². The van der Waals surface area contributed by atoms with Crippen molar-refractivity contribution < 1.29 is 0 Å². The molecule has 1 unspecified atom stereocenters. The molecule has 0 amide bonds. The van der Waals surface area contributed by atoms with Gasteiger partial charge in [0.05, 0.1) is 0 Å². The van der Waals surface area contributed by atoms with Crippen molar-refractivity contribution in [2.75, 3.05) is 0 Å². The molecule has 0 aliphatic heterocycles. The molecule has 0 saturated carbocycles. The molecule has 0 nitrogen and oxygen atoms in total. The summed E-state index contributed by atoms with van der Waals surface area (Å²) in [5.41, 5.74) is 0.519. The first-order valence-corrected chi connectivity index (χ1v) is 8.53. The van der Waals surface area contributed by atoms with Crippen molar-refractivity contribution in [3.05, 3.63) is 0 Å². The van der Waals surface area contributed by atoms with Gasteiger partial charge in [-0.15, -0.1) is 0 Å². The van der Waals surface area contributed by atoms with E-state index >= 15 is 0 Å². The lowest BCUT2D eigenvalue weighted by atomic mass is 9.82. The van der Waals surface area contributed by atoms with Gasteiger partial charge >= 0.3 is 0 Å². The molecule has 0 bridgehead atoms. The Hall–Kier alpha value is 0.480. The van der Waals surface area contributed by atoms with Crippen LogP contribution in [0.1, 0.15) is 91.9 Å². The third-order valence-electron chi connectivity index (χ3n) is 3.54. The largest absolute Gasteiger partial charge is 0.0893 e. The van der Waals surface area contributed by atoms with Gasteiger partial charge in [-0.2, -0.15) is 0 Å². The molecule has 1 heteroatoms. The number of alkyl halides is 1. The highest BCUT2D eigenvalue weighted by atomic mass is 79.9. The van der Waals surface area contributed by atoms with E-state index in [-0.39, 0.29) is 0 Å². The van der Waals surface area contributed by atoms with Gasteiger partial charge in [-0.25, -0.2) is 0 Å². The van der Waals surface area contributed by atoms with Crippen molar-refractivity contribution in [3.8, 4) is 0 Å². The summed E-state index contributed by atoms with van der Waals surface area (Å²) in [6.07, 6.45) is 14.1. The molecule has 17 heavy (non-hydrogen) atoms. The van der Waals surface area contributed by atoms with E-state index in [0.717, 1.165) is 0 Å². The fraction of sp³-hybridized carbons (Fsp3) is 1.00. The third kappa shape index (κ3) is 12.7. The summed E-state index contributed by atoms with van der Waals surface area (Å²) < 4.78 is 0. The van der Waals surface area contributed by atoms with Crippen LogP contribution in [0.5, 0.6) is 0 Å². The third-order valence-corrected chi connectivity index (χ3v) is 3.86. The van der Waals surface area contributed by atoms with Gasteiger partial charge in [0.25, 0.3) is 0 Å². The van der Waals surface area contributed by atoms with E-state index in [0.29, 0.717) is 10.2 Å². The second-order valence-corrected chi connectivity index (χ2v) is 7.94. The van der Waals surface area contributed by atoms with E-state index in [1.165, 1.54) is 64.2 Å². The van der Waals surface area contributed by atoms with Crippen LogP contribution < -0.4 is 0 Å². The number of hydrogen-bond donors (Lipinski definition) is 0. The molecule has 0 saturated heterocycles. The second kappa shape index (κ2) is 10.4. The lowest BCUT2D eigenvalue weighted by Crippen LogP contribution is -2.15. The van der Waals surface area contributed by atoms with Crippen LogP contribution in [-0.2, 0) is 0 Å². The Labute approximate surface area is 118 Å². The number of unbranched alkanes of at least 4 members (excludes halogenated alkanes) is 7. The van der Waals surface area contributed by atoms with E-state index in [2.05, 4.69) is 43.6 Å². The van der Waals surface area contributed by atoms with Gasteiger partial charge in [0.15, 0.2) is 0 Å². The predicted octanol–water partition coefficient (Wildman–Crippen LogP) is 6.72. The van der Waals surface area contributed by atoms with Crippen molar-refractivity contribution in [3.63, 3.8) is 0 Å². The van der Waals surface area contributed by atoms with Crippen molar-refractivity contribution in [1.82, 2.24) is 0 Å². The van der Waals surface area contributed by atoms with Crippen LogP contribution in [0.3, 0.4) is 0 Å². The number of halogens is 1. The van der Waals surface area contributed by atoms with Crippen LogP contribution in [0.2, 0.25) is 0 Å². The number of rotatable bonds is 11. The minimum absolute atomic E-state index is 0.519. The SMILES string of the molecule is CCCCCCCCCCC(C)(C)CC(C)Br. The van der Waals surface area contributed by atoms with E-state index < -0.39 is 0 Å². The van der Waals surface area contributed by atoms with E-state index in [1.54, 1.807) is 0 Å². The van der Waals surface area contributed by atoms with E-state index in [9.17, 15) is 0 Å². The lowest BCUT2D eigenvalue weighted by molar-refractivity contribution is 0.296. The maximum Gasteiger partial charge on any atom is 0.0122 e. The molecule has 0 aromatic heterocycles. The molecule has 104 valence electrons. The Bertz CT molecular complexity index is 161. The maximum atomic E-state index is 3.67. The van der Waals surface area contributed by atoms with Gasteiger partial charge in [-0.3, -0.25) is 0 Å². The van der Waals surface area contributed by atoms with Gasteiger partial charge in [0, 0.05) is 4.83 Å². The van der Waals surface area contributed by atoms with Crippen LogP contribution >= 0.6 is 15.9 Å². The quantitative estimate of drug-likeness (QED) is 0.294. The lowest BCUT2D eigenvalue weighted by Gasteiger charge is -2.26. The zero-order chi connectivity index (χ0) is 13.1. The van der Waals surface area contributed by atoms with Gasteiger partial charge < -0.3 is 0 Å². The minimum atomic E-state index is 0.519. The molecular weight excluding hydrogens is 272 g/mol. The fourth-order valence-corrected chi connectivity index (χ4v) is 3.48. The van der Waals surface area contributed by atoms with Crippen LogP contribution in [0.4, 0.5) is 0 Å². The molecule has 0 radical (unpaired) electrons. The van der Waals surface area contributed by atoms with E-state index in [1.807, 2.05) is 0 Å². The standard InChI is InChI=1S/C16H33Br/c1-5-6-7-8-9-10-11-12-13-16(3,4)14-15(2)17/h15H,5-14H2,1-4H3. The zero-order valence-electron chi connectivity index (χ0n) is 12.5. The van der Waals surface area contributed by atoms with Crippen molar-refractivity contribution in [1.29, 1.82) is 0 Å². The van der Waals surface area contributed by atoms with Crippen molar-refractivity contribution in [2.45, 2.75) is 96.7 Å². The minimum Gasteiger partial charge on any atom is -0.0893 e. The maximum absolute atomic E-state index is 3.67. The summed E-state index contributed by atoms with van der Waals surface area (Å²) in [5, 5.41) is 0. The average molecular weight is 305 g/mol. The summed E-state index contributed by atoms with van der Waals surface area (Å²) >= 11 is 3.67. The summed E-state index contributed by atoms with van der Waals surface area (Å²) in [4.78, 5) is 0.659. The van der Waals surface area contributed by atoms with E-state index in [4.69, 9.17) is 0 Å². The highest BCUT2D eigenvalue weighted by Gasteiger charge is 2.19. The first kappa shape index (κ1) is 17.5. The van der Waals surface area contributed by atoms with Crippen LogP contribution in [0.25, 0.3) is 0 Å². The smallest absolute Gasteiger partial charge is 0.0122 e. The van der Waals surface area contributed by atoms with Gasteiger partial charge in [-0.05, 0) is 18.3 Å². The molecule has 0 rings (SSSR count). The number of hydrogen-bond acceptors (Lipinski definition) is 0. The van der Waals surface area contributed by atoms with Crippen LogP contribution in [0.15, 0.2) is 0 Å². The molecule has 0 N–H and O–H groups in total. The predicted molar refractivity (Wildman–Crippen MR) is 84.0 cm³/mol. The van der Waals surface area contributed by atoms with Crippen LogP contribution in [-0.4, -0.2) is 4.83 Å². The molecule has 0 aliphatic rings. The summed E-state index contributed by atoms with van der Waals surface area (Å²) in [6.45, 7) is 9.36. The van der Waals surface area contributed by atoms with Crippen molar-refractivity contribution in [2.24, 2.45) is 5.41 Å². The Kier molecular flexibility index (Phi) is 10.7. The average Bonchev–Trinajstić information content (AvgIpc) is 2.20. The summed E-state index contributed by atoms with van der Waals surface area (Å²) in [6, 6.07) is 0. The Morgan fingerprint density at radius 3 is 1.82 bits per heavy atom. The fourth-order valence-electron chi connectivity index (χ4n) is 2.60. The first-order valence-electron chi connectivity index (χ1n) is 7.62. The monoisotopic (exact) mass is 304 g/mol. The second-order valence-electron chi connectivity index (χ2n) is 6.37. The molecular formula is C16H33Br. The highest BCUT2D eigenvalue weighted by molar-refractivity contribution is 9.09. The Morgan fingerprint density at radius 1 is 0.882 bits per heavy atom.